The van der Waals surface area contributed by atoms with E-state index >= 15 is 0 Å². The number of aromatic nitrogens is 1. The summed E-state index contributed by atoms with van der Waals surface area (Å²) in [5, 5.41) is 0.676. The van der Waals surface area contributed by atoms with E-state index in [9.17, 15) is 0 Å². The molecule has 2 rings (SSSR count). The van der Waals surface area contributed by atoms with Crippen molar-refractivity contribution in [1.29, 1.82) is 0 Å². The molecule has 0 bridgehead atoms. The molecule has 0 spiro atoms. The molecule has 0 unspecified atom stereocenters. The van der Waals surface area contributed by atoms with Crippen LogP contribution in [0.1, 0.15) is 5.69 Å². The molecule has 0 fully saturated rings. The minimum atomic E-state index is 0.676. The first-order valence-corrected chi connectivity index (χ1v) is 6.60. The topological polar surface area (TPSA) is 42.2 Å². The third-order valence-electron chi connectivity index (χ3n) is 2.59. The lowest BCUT2D eigenvalue weighted by Crippen LogP contribution is -2.18. The summed E-state index contributed by atoms with van der Waals surface area (Å²) in [6.45, 7) is 0.678. The highest BCUT2D eigenvalue weighted by atomic mass is 79.9. The predicted octanol–water partition coefficient (Wildman–Crippen LogP) is 3.72. The van der Waals surface area contributed by atoms with Gasteiger partial charge in [0.05, 0.1) is 23.6 Å². The van der Waals surface area contributed by atoms with E-state index in [0.717, 1.165) is 15.9 Å². The molecule has 1 aromatic heterocycles. The number of halogens is 2. The third-order valence-corrected chi connectivity index (χ3v) is 3.30. The Balaban J connectivity index is 2.18. The van der Waals surface area contributed by atoms with Gasteiger partial charge in [0.1, 0.15) is 0 Å². The van der Waals surface area contributed by atoms with Gasteiger partial charge in [-0.1, -0.05) is 11.6 Å². The molecule has 0 aliphatic carbocycles. The number of hydrogen-bond acceptors (Lipinski definition) is 3. The van der Waals surface area contributed by atoms with Crippen LogP contribution in [0.2, 0.25) is 5.02 Å². The highest BCUT2D eigenvalue weighted by molar-refractivity contribution is 9.10. The maximum absolute atomic E-state index is 5.98. The Bertz CT molecular complexity index is 542. The molecule has 0 atom stereocenters. The smallest absolute Gasteiger partial charge is 0.0615 e. The van der Waals surface area contributed by atoms with E-state index < -0.39 is 0 Å². The van der Waals surface area contributed by atoms with Gasteiger partial charge in [-0.05, 0) is 46.3 Å². The second-order valence-electron chi connectivity index (χ2n) is 4.03. The van der Waals surface area contributed by atoms with E-state index in [1.165, 1.54) is 0 Å². The van der Waals surface area contributed by atoms with Gasteiger partial charge in [-0.3, -0.25) is 4.98 Å². The minimum Gasteiger partial charge on any atom is -0.397 e. The number of benzene rings is 1. The maximum atomic E-state index is 5.98. The molecule has 0 saturated carbocycles. The van der Waals surface area contributed by atoms with Crippen molar-refractivity contribution in [2.45, 2.75) is 6.54 Å². The first-order chi connectivity index (χ1) is 8.56. The Kier molecular flexibility index (Phi) is 4.09. The SMILES string of the molecule is CN(Cc1ccc(Br)cn1)c1cc(Cl)ccc1N. The van der Waals surface area contributed by atoms with Crippen LogP contribution < -0.4 is 10.6 Å². The lowest BCUT2D eigenvalue weighted by Gasteiger charge is -2.21. The molecule has 2 aromatic rings. The normalized spacial score (nSPS) is 10.4. The third kappa shape index (κ3) is 3.15. The lowest BCUT2D eigenvalue weighted by atomic mass is 10.2. The summed E-state index contributed by atoms with van der Waals surface area (Å²) in [4.78, 5) is 6.36. The molecule has 94 valence electrons. The summed E-state index contributed by atoms with van der Waals surface area (Å²) in [6.07, 6.45) is 1.78. The minimum absolute atomic E-state index is 0.676. The number of hydrogen-bond donors (Lipinski definition) is 1. The highest BCUT2D eigenvalue weighted by Crippen LogP contribution is 2.26. The molecule has 0 aliphatic heterocycles. The van der Waals surface area contributed by atoms with E-state index in [0.29, 0.717) is 17.3 Å². The Morgan fingerprint density at radius 1 is 1.33 bits per heavy atom. The summed E-state index contributed by atoms with van der Waals surface area (Å²) in [5.41, 5.74) is 8.53. The van der Waals surface area contributed by atoms with E-state index in [2.05, 4.69) is 20.9 Å². The first kappa shape index (κ1) is 13.2. The fourth-order valence-electron chi connectivity index (χ4n) is 1.68. The average Bonchev–Trinajstić information content (AvgIpc) is 2.35. The predicted molar refractivity (Wildman–Crippen MR) is 79.9 cm³/mol. The summed E-state index contributed by atoms with van der Waals surface area (Å²) in [5.74, 6) is 0. The number of nitrogen functional groups attached to an aromatic ring is 1. The molecule has 0 amide bonds. The fraction of sp³-hybridized carbons (Fsp3) is 0.154. The van der Waals surface area contributed by atoms with Crippen LogP contribution in [0.5, 0.6) is 0 Å². The molecule has 5 heteroatoms. The van der Waals surface area contributed by atoms with Gasteiger partial charge >= 0.3 is 0 Å². The Hall–Kier alpha value is -1.26. The summed E-state index contributed by atoms with van der Waals surface area (Å²) < 4.78 is 0.969. The van der Waals surface area contributed by atoms with Crippen molar-refractivity contribution < 1.29 is 0 Å². The molecular weight excluding hydrogens is 314 g/mol. The van der Waals surface area contributed by atoms with Crippen LogP contribution >= 0.6 is 27.5 Å². The zero-order valence-corrected chi connectivity index (χ0v) is 12.2. The zero-order valence-electron chi connectivity index (χ0n) is 9.90. The highest BCUT2D eigenvalue weighted by Gasteiger charge is 2.07. The number of nitrogens with zero attached hydrogens (tertiary/aromatic N) is 2. The molecule has 3 nitrogen and oxygen atoms in total. The molecule has 1 aromatic carbocycles. The van der Waals surface area contributed by atoms with Crippen LogP contribution in [-0.4, -0.2) is 12.0 Å². The van der Waals surface area contributed by atoms with Crippen LogP contribution in [0.15, 0.2) is 41.0 Å². The van der Waals surface area contributed by atoms with E-state index in [-0.39, 0.29) is 0 Å². The van der Waals surface area contributed by atoms with Gasteiger partial charge in [0.15, 0.2) is 0 Å². The molecule has 0 aliphatic rings. The van der Waals surface area contributed by atoms with Crippen molar-refractivity contribution in [3.63, 3.8) is 0 Å². The van der Waals surface area contributed by atoms with Gasteiger partial charge in [-0.15, -0.1) is 0 Å². The van der Waals surface area contributed by atoms with Crippen molar-refractivity contribution in [1.82, 2.24) is 4.98 Å². The number of pyridine rings is 1. The number of rotatable bonds is 3. The molecule has 2 N–H and O–H groups in total. The second kappa shape index (κ2) is 5.59. The van der Waals surface area contributed by atoms with E-state index in [4.69, 9.17) is 17.3 Å². The standard InChI is InChI=1S/C13H13BrClN3/c1-18(8-11-4-2-9(14)7-17-11)13-6-10(15)3-5-12(13)16/h2-7H,8,16H2,1H3. The summed E-state index contributed by atoms with van der Waals surface area (Å²) >= 11 is 9.34. The lowest BCUT2D eigenvalue weighted by molar-refractivity contribution is 0.885. The fourth-order valence-corrected chi connectivity index (χ4v) is 2.08. The zero-order chi connectivity index (χ0) is 13.1. The number of nitrogens with two attached hydrogens (primary N) is 1. The summed E-state index contributed by atoms with van der Waals surface area (Å²) in [7, 11) is 1.96. The van der Waals surface area contributed by atoms with Crippen molar-refractivity contribution >= 4 is 38.9 Å². The maximum Gasteiger partial charge on any atom is 0.0615 e. The van der Waals surface area contributed by atoms with Crippen molar-refractivity contribution in [3.05, 3.63) is 51.7 Å². The molecule has 0 saturated heterocycles. The quantitative estimate of drug-likeness (QED) is 0.874. The second-order valence-corrected chi connectivity index (χ2v) is 5.38. The molecule has 0 radical (unpaired) electrons. The Labute approximate surface area is 120 Å². The molecular formula is C13H13BrClN3. The van der Waals surface area contributed by atoms with Crippen LogP contribution in [0.4, 0.5) is 11.4 Å². The van der Waals surface area contributed by atoms with Crippen molar-refractivity contribution in [2.24, 2.45) is 0 Å². The summed E-state index contributed by atoms with van der Waals surface area (Å²) in [6, 6.07) is 9.39. The molecule has 1 heterocycles. The van der Waals surface area contributed by atoms with Crippen molar-refractivity contribution in [3.8, 4) is 0 Å². The largest absolute Gasteiger partial charge is 0.397 e. The number of anilines is 2. The van der Waals surface area contributed by atoms with Crippen LogP contribution in [-0.2, 0) is 6.54 Å². The Morgan fingerprint density at radius 3 is 2.78 bits per heavy atom. The monoisotopic (exact) mass is 325 g/mol. The van der Waals surface area contributed by atoms with Gasteiger partial charge in [0.2, 0.25) is 0 Å². The first-order valence-electron chi connectivity index (χ1n) is 5.43. The Morgan fingerprint density at radius 2 is 2.11 bits per heavy atom. The van der Waals surface area contributed by atoms with Gasteiger partial charge in [0.25, 0.3) is 0 Å². The van der Waals surface area contributed by atoms with Gasteiger partial charge in [-0.25, -0.2) is 0 Å². The molecule has 18 heavy (non-hydrogen) atoms. The van der Waals surface area contributed by atoms with Crippen LogP contribution in [0.3, 0.4) is 0 Å². The van der Waals surface area contributed by atoms with Gasteiger partial charge in [-0.2, -0.15) is 0 Å². The van der Waals surface area contributed by atoms with E-state index in [1.54, 1.807) is 12.3 Å². The van der Waals surface area contributed by atoms with Crippen molar-refractivity contribution in [2.75, 3.05) is 17.7 Å². The van der Waals surface area contributed by atoms with Gasteiger partial charge in [0, 0.05) is 22.7 Å². The van der Waals surface area contributed by atoms with Gasteiger partial charge < -0.3 is 10.6 Å². The van der Waals surface area contributed by atoms with Crippen LogP contribution in [0, 0.1) is 0 Å². The average molecular weight is 327 g/mol. The van der Waals surface area contributed by atoms with Crippen LogP contribution in [0.25, 0.3) is 0 Å². The van der Waals surface area contributed by atoms with E-state index in [1.807, 2.05) is 36.2 Å².